The lowest BCUT2D eigenvalue weighted by atomic mass is 10.2. The van der Waals surface area contributed by atoms with Crippen LogP contribution < -0.4 is 5.73 Å². The van der Waals surface area contributed by atoms with Crippen LogP contribution in [0.5, 0.6) is 0 Å². The number of ether oxygens (including phenoxy) is 1. The molecule has 0 aliphatic rings. The quantitative estimate of drug-likeness (QED) is 0.478. The first-order valence-electron chi connectivity index (χ1n) is 5.34. The molecule has 1 aromatic carbocycles. The molecule has 5 heteroatoms. The Morgan fingerprint density at radius 1 is 1.59 bits per heavy atom. The van der Waals surface area contributed by atoms with Crippen molar-refractivity contribution in [3.63, 3.8) is 0 Å². The smallest absolute Gasteiger partial charge is 0.339 e. The maximum Gasteiger partial charge on any atom is 0.339 e. The minimum Gasteiger partial charge on any atom is -0.465 e. The summed E-state index contributed by atoms with van der Waals surface area (Å²) in [5.74, 6) is -0.431. The summed E-state index contributed by atoms with van der Waals surface area (Å²) in [6, 6.07) is 5.28. The van der Waals surface area contributed by atoms with Gasteiger partial charge in [-0.3, -0.25) is 0 Å². The zero-order valence-electron chi connectivity index (χ0n) is 9.97. The number of para-hydroxylation sites is 1. The number of carbonyl (C=O) groups is 1. The Balaban J connectivity index is 2.90. The molecule has 94 valence electrons. The number of rotatable bonds is 5. The van der Waals surface area contributed by atoms with Crippen molar-refractivity contribution in [2.75, 3.05) is 19.5 Å². The molecule has 1 aromatic rings. The Morgan fingerprint density at radius 2 is 2.29 bits per heavy atom. The van der Waals surface area contributed by atoms with Crippen LogP contribution in [0.25, 0.3) is 0 Å². The maximum atomic E-state index is 11.4. The number of aliphatic hydroxyl groups is 1. The molecule has 17 heavy (non-hydrogen) atoms. The third-order valence-corrected chi connectivity index (χ3v) is 3.58. The molecular weight excluding hydrogens is 238 g/mol. The highest BCUT2D eigenvalue weighted by Gasteiger charge is 2.14. The first-order valence-corrected chi connectivity index (χ1v) is 6.22. The van der Waals surface area contributed by atoms with Gasteiger partial charge in [0.05, 0.1) is 18.4 Å². The van der Waals surface area contributed by atoms with Crippen LogP contribution in [-0.4, -0.2) is 30.0 Å². The van der Waals surface area contributed by atoms with Gasteiger partial charge in [0.2, 0.25) is 0 Å². The number of thioether (sulfide) groups is 1. The number of hydrogen-bond donors (Lipinski definition) is 2. The van der Waals surface area contributed by atoms with E-state index in [9.17, 15) is 4.79 Å². The standard InChI is InChI=1S/C12H17NO3S/c1-8(6-7-14)17-10-5-3-4-9(11(10)13)12(15)16-2/h3-5,8,14H,6-7,13H2,1-2H3. The average molecular weight is 255 g/mol. The molecule has 0 saturated heterocycles. The number of anilines is 1. The molecule has 0 bridgehead atoms. The van der Waals surface area contributed by atoms with Crippen LogP contribution in [0, 0.1) is 0 Å². The Morgan fingerprint density at radius 3 is 2.88 bits per heavy atom. The fourth-order valence-electron chi connectivity index (χ4n) is 1.39. The van der Waals surface area contributed by atoms with Crippen LogP contribution >= 0.6 is 11.8 Å². The third kappa shape index (κ3) is 3.64. The first-order chi connectivity index (χ1) is 8.10. The second-order valence-electron chi connectivity index (χ2n) is 3.65. The van der Waals surface area contributed by atoms with Gasteiger partial charge in [-0.05, 0) is 18.6 Å². The van der Waals surface area contributed by atoms with Crippen LogP contribution in [0.15, 0.2) is 23.1 Å². The van der Waals surface area contributed by atoms with E-state index in [0.29, 0.717) is 17.7 Å². The molecule has 0 aromatic heterocycles. The van der Waals surface area contributed by atoms with Gasteiger partial charge in [0, 0.05) is 16.8 Å². The summed E-state index contributed by atoms with van der Waals surface area (Å²) < 4.78 is 4.66. The Labute approximate surface area is 105 Å². The van der Waals surface area contributed by atoms with E-state index < -0.39 is 5.97 Å². The molecule has 0 heterocycles. The van der Waals surface area contributed by atoms with E-state index in [1.165, 1.54) is 7.11 Å². The summed E-state index contributed by atoms with van der Waals surface area (Å²) in [6.07, 6.45) is 0.687. The monoisotopic (exact) mass is 255 g/mol. The van der Waals surface area contributed by atoms with Gasteiger partial charge in [-0.1, -0.05) is 13.0 Å². The fourth-order valence-corrected chi connectivity index (χ4v) is 2.44. The van der Waals surface area contributed by atoms with Gasteiger partial charge in [0.1, 0.15) is 0 Å². The summed E-state index contributed by atoms with van der Waals surface area (Å²) in [5, 5.41) is 9.09. The molecule has 4 nitrogen and oxygen atoms in total. The van der Waals surface area contributed by atoms with Gasteiger partial charge in [0.15, 0.2) is 0 Å². The van der Waals surface area contributed by atoms with Crippen molar-refractivity contribution < 1.29 is 14.6 Å². The predicted octanol–water partition coefficient (Wildman–Crippen LogP) is 1.92. The third-order valence-electron chi connectivity index (χ3n) is 2.34. The highest BCUT2D eigenvalue weighted by atomic mass is 32.2. The fraction of sp³-hybridized carbons (Fsp3) is 0.417. The lowest BCUT2D eigenvalue weighted by Gasteiger charge is -2.13. The Bertz CT molecular complexity index is 395. The van der Waals surface area contributed by atoms with Crippen molar-refractivity contribution in [1.29, 1.82) is 0 Å². The number of nitrogens with two attached hydrogens (primary N) is 1. The van der Waals surface area contributed by atoms with Crippen molar-refractivity contribution in [1.82, 2.24) is 0 Å². The van der Waals surface area contributed by atoms with E-state index in [-0.39, 0.29) is 11.9 Å². The summed E-state index contributed by atoms with van der Waals surface area (Å²) in [5.41, 5.74) is 6.74. The number of benzene rings is 1. The van der Waals surface area contributed by atoms with Crippen LogP contribution in [-0.2, 0) is 4.74 Å². The minimum absolute atomic E-state index is 0.144. The van der Waals surface area contributed by atoms with Gasteiger partial charge in [-0.2, -0.15) is 0 Å². The molecule has 1 atom stereocenters. The van der Waals surface area contributed by atoms with Crippen molar-refractivity contribution >= 4 is 23.4 Å². The molecule has 0 aliphatic carbocycles. The van der Waals surface area contributed by atoms with E-state index >= 15 is 0 Å². The summed E-state index contributed by atoms with van der Waals surface area (Å²) in [6.45, 7) is 2.15. The summed E-state index contributed by atoms with van der Waals surface area (Å²) in [4.78, 5) is 12.3. The van der Waals surface area contributed by atoms with Crippen molar-refractivity contribution in [2.24, 2.45) is 0 Å². The zero-order chi connectivity index (χ0) is 12.8. The van der Waals surface area contributed by atoms with Gasteiger partial charge in [0.25, 0.3) is 0 Å². The van der Waals surface area contributed by atoms with Crippen molar-refractivity contribution in [3.05, 3.63) is 23.8 Å². The lowest BCUT2D eigenvalue weighted by molar-refractivity contribution is 0.0601. The second-order valence-corrected chi connectivity index (χ2v) is 5.13. The van der Waals surface area contributed by atoms with Crippen LogP contribution in [0.1, 0.15) is 23.7 Å². The van der Waals surface area contributed by atoms with Gasteiger partial charge in [-0.25, -0.2) is 4.79 Å². The average Bonchev–Trinajstić information content (AvgIpc) is 2.31. The number of aliphatic hydroxyl groups excluding tert-OH is 1. The second kappa shape index (κ2) is 6.51. The Kier molecular flexibility index (Phi) is 5.31. The molecule has 1 rings (SSSR count). The minimum atomic E-state index is -0.431. The van der Waals surface area contributed by atoms with E-state index in [1.807, 2.05) is 13.0 Å². The topological polar surface area (TPSA) is 72.5 Å². The number of hydrogen-bond acceptors (Lipinski definition) is 5. The highest BCUT2D eigenvalue weighted by Crippen LogP contribution is 2.32. The van der Waals surface area contributed by atoms with E-state index in [2.05, 4.69) is 4.74 Å². The highest BCUT2D eigenvalue weighted by molar-refractivity contribution is 8.00. The predicted molar refractivity (Wildman–Crippen MR) is 69.2 cm³/mol. The molecule has 0 radical (unpaired) electrons. The van der Waals surface area contributed by atoms with Gasteiger partial charge < -0.3 is 15.6 Å². The van der Waals surface area contributed by atoms with Crippen LogP contribution in [0.4, 0.5) is 5.69 Å². The molecule has 0 fully saturated rings. The normalized spacial score (nSPS) is 12.2. The molecule has 0 spiro atoms. The van der Waals surface area contributed by atoms with Gasteiger partial charge in [-0.15, -0.1) is 11.8 Å². The largest absolute Gasteiger partial charge is 0.465 e. The SMILES string of the molecule is COC(=O)c1cccc(SC(C)CCO)c1N. The molecule has 1 unspecified atom stereocenters. The van der Waals surface area contributed by atoms with E-state index in [1.54, 1.807) is 23.9 Å². The van der Waals surface area contributed by atoms with Gasteiger partial charge >= 0.3 is 5.97 Å². The van der Waals surface area contributed by atoms with Crippen molar-refractivity contribution in [3.8, 4) is 0 Å². The number of nitrogen functional groups attached to an aromatic ring is 1. The van der Waals surface area contributed by atoms with Crippen LogP contribution in [0.3, 0.4) is 0 Å². The Hall–Kier alpha value is -1.20. The maximum absolute atomic E-state index is 11.4. The van der Waals surface area contributed by atoms with E-state index in [4.69, 9.17) is 10.8 Å². The first kappa shape index (κ1) is 13.9. The van der Waals surface area contributed by atoms with E-state index in [0.717, 1.165) is 4.90 Å². The lowest BCUT2D eigenvalue weighted by Crippen LogP contribution is -2.07. The molecule has 3 N–H and O–H groups in total. The molecule has 0 saturated carbocycles. The number of esters is 1. The molecule has 0 aliphatic heterocycles. The molecular formula is C12H17NO3S. The number of carbonyl (C=O) groups excluding carboxylic acids is 1. The zero-order valence-corrected chi connectivity index (χ0v) is 10.8. The summed E-state index contributed by atoms with van der Waals surface area (Å²) >= 11 is 1.54. The van der Waals surface area contributed by atoms with Crippen LogP contribution in [0.2, 0.25) is 0 Å². The molecule has 0 amide bonds. The summed E-state index contributed by atoms with van der Waals surface area (Å²) in [7, 11) is 1.33. The van der Waals surface area contributed by atoms with Crippen molar-refractivity contribution in [2.45, 2.75) is 23.5 Å². The number of methoxy groups -OCH3 is 1.